The van der Waals surface area contributed by atoms with Crippen molar-refractivity contribution in [2.24, 2.45) is 0 Å². The molecule has 2 rings (SSSR count). The fourth-order valence-corrected chi connectivity index (χ4v) is 3.56. The van der Waals surface area contributed by atoms with E-state index in [1.54, 1.807) is 0 Å². The Morgan fingerprint density at radius 2 is 2.26 bits per heavy atom. The standard InChI is InChI=1S/C18H29N3OS/c1-23-14-5-3-9-18(22)21(15-16-7-2-4-12-20-16)17-8-6-11-19-13-10-17/h2,4,7,12,17,19H,3,5-6,8-11,13-15H2,1H3. The molecule has 1 fully saturated rings. The van der Waals surface area contributed by atoms with Crippen LogP contribution in [0.1, 0.15) is 44.2 Å². The number of pyridine rings is 1. The minimum atomic E-state index is 0.295. The van der Waals surface area contributed by atoms with Crippen molar-refractivity contribution in [2.45, 2.75) is 51.1 Å². The molecule has 1 aliphatic heterocycles. The van der Waals surface area contributed by atoms with Gasteiger partial charge in [0.05, 0.1) is 12.2 Å². The molecule has 5 heteroatoms. The Bertz CT molecular complexity index is 447. The molecule has 0 bridgehead atoms. The third kappa shape index (κ3) is 6.51. The number of carbonyl (C=O) groups is 1. The van der Waals surface area contributed by atoms with Gasteiger partial charge in [-0.1, -0.05) is 6.07 Å². The van der Waals surface area contributed by atoms with E-state index in [9.17, 15) is 4.79 Å². The summed E-state index contributed by atoms with van der Waals surface area (Å²) in [5.74, 6) is 1.43. The van der Waals surface area contributed by atoms with E-state index >= 15 is 0 Å². The van der Waals surface area contributed by atoms with Crippen LogP contribution in [0.2, 0.25) is 0 Å². The molecule has 1 atom stereocenters. The third-order valence-corrected chi connectivity index (χ3v) is 5.05. The van der Waals surface area contributed by atoms with Gasteiger partial charge in [-0.25, -0.2) is 0 Å². The van der Waals surface area contributed by atoms with E-state index in [2.05, 4.69) is 21.5 Å². The summed E-state index contributed by atoms with van der Waals surface area (Å²) in [5.41, 5.74) is 0.988. The molecule has 1 N–H and O–H groups in total. The van der Waals surface area contributed by atoms with Crippen molar-refractivity contribution in [1.29, 1.82) is 0 Å². The quantitative estimate of drug-likeness (QED) is 0.742. The number of rotatable bonds is 8. The average molecular weight is 336 g/mol. The second-order valence-corrected chi connectivity index (χ2v) is 7.11. The van der Waals surface area contributed by atoms with Crippen LogP contribution in [0.5, 0.6) is 0 Å². The minimum absolute atomic E-state index is 0.295. The highest BCUT2D eigenvalue weighted by molar-refractivity contribution is 7.98. The molecule has 0 aromatic carbocycles. The molecule has 1 saturated heterocycles. The average Bonchev–Trinajstić information content (AvgIpc) is 2.86. The Morgan fingerprint density at radius 3 is 3.04 bits per heavy atom. The van der Waals surface area contributed by atoms with Crippen LogP contribution in [0.15, 0.2) is 24.4 Å². The molecule has 0 saturated carbocycles. The molecular weight excluding hydrogens is 306 g/mol. The van der Waals surface area contributed by atoms with Gasteiger partial charge in [0.2, 0.25) is 5.91 Å². The number of aromatic nitrogens is 1. The van der Waals surface area contributed by atoms with Crippen LogP contribution < -0.4 is 5.32 Å². The number of nitrogens with zero attached hydrogens (tertiary/aromatic N) is 2. The van der Waals surface area contributed by atoms with Gasteiger partial charge in [-0.05, 0) is 69.3 Å². The fourth-order valence-electron chi connectivity index (χ4n) is 3.07. The Labute approximate surface area is 144 Å². The van der Waals surface area contributed by atoms with Crippen LogP contribution in [0.25, 0.3) is 0 Å². The molecule has 128 valence electrons. The van der Waals surface area contributed by atoms with Gasteiger partial charge < -0.3 is 10.2 Å². The van der Waals surface area contributed by atoms with E-state index in [4.69, 9.17) is 0 Å². The summed E-state index contributed by atoms with van der Waals surface area (Å²) in [7, 11) is 0. The fraction of sp³-hybridized carbons (Fsp3) is 0.667. The van der Waals surface area contributed by atoms with Crippen molar-refractivity contribution < 1.29 is 4.79 Å². The van der Waals surface area contributed by atoms with Gasteiger partial charge in [0.1, 0.15) is 0 Å². The summed E-state index contributed by atoms with van der Waals surface area (Å²) in [6.07, 6.45) is 9.99. The lowest BCUT2D eigenvalue weighted by atomic mass is 10.1. The first kappa shape index (κ1) is 18.3. The third-order valence-electron chi connectivity index (χ3n) is 4.35. The Kier molecular flexibility index (Phi) is 8.47. The number of nitrogens with one attached hydrogen (secondary N) is 1. The van der Waals surface area contributed by atoms with E-state index < -0.39 is 0 Å². The van der Waals surface area contributed by atoms with Crippen LogP contribution in [0.4, 0.5) is 0 Å². The molecule has 1 aliphatic rings. The van der Waals surface area contributed by atoms with Gasteiger partial charge in [0.25, 0.3) is 0 Å². The summed E-state index contributed by atoms with van der Waals surface area (Å²) in [6, 6.07) is 6.29. The Hall–Kier alpha value is -1.07. The lowest BCUT2D eigenvalue weighted by Gasteiger charge is -2.31. The van der Waals surface area contributed by atoms with Crippen LogP contribution >= 0.6 is 11.8 Å². The van der Waals surface area contributed by atoms with Crippen molar-refractivity contribution in [2.75, 3.05) is 25.1 Å². The van der Waals surface area contributed by atoms with Crippen LogP contribution in [0.3, 0.4) is 0 Å². The molecule has 1 aromatic heterocycles. The van der Waals surface area contributed by atoms with Crippen LogP contribution in [0, 0.1) is 0 Å². The molecule has 1 unspecified atom stereocenters. The Balaban J connectivity index is 1.99. The predicted octanol–water partition coefficient (Wildman–Crippen LogP) is 3.09. The number of amides is 1. The van der Waals surface area contributed by atoms with E-state index in [1.807, 2.05) is 36.2 Å². The van der Waals surface area contributed by atoms with E-state index in [-0.39, 0.29) is 0 Å². The van der Waals surface area contributed by atoms with Crippen molar-refractivity contribution in [1.82, 2.24) is 15.2 Å². The maximum Gasteiger partial charge on any atom is 0.223 e. The summed E-state index contributed by atoms with van der Waals surface area (Å²) in [5, 5.41) is 3.44. The monoisotopic (exact) mass is 335 g/mol. The number of unbranched alkanes of at least 4 members (excludes halogenated alkanes) is 1. The highest BCUT2D eigenvalue weighted by atomic mass is 32.2. The van der Waals surface area contributed by atoms with Gasteiger partial charge >= 0.3 is 0 Å². The lowest BCUT2D eigenvalue weighted by molar-refractivity contribution is -0.134. The topological polar surface area (TPSA) is 45.2 Å². The second-order valence-electron chi connectivity index (χ2n) is 6.13. The molecule has 0 spiro atoms. The van der Waals surface area contributed by atoms with Gasteiger partial charge in [-0.15, -0.1) is 0 Å². The first-order valence-corrected chi connectivity index (χ1v) is 10.1. The van der Waals surface area contributed by atoms with Gasteiger partial charge in [-0.3, -0.25) is 9.78 Å². The summed E-state index contributed by atoms with van der Waals surface area (Å²) >= 11 is 1.85. The summed E-state index contributed by atoms with van der Waals surface area (Å²) in [4.78, 5) is 19.3. The first-order valence-electron chi connectivity index (χ1n) is 8.70. The maximum atomic E-state index is 12.8. The number of thioether (sulfide) groups is 1. The van der Waals surface area contributed by atoms with Crippen molar-refractivity contribution >= 4 is 17.7 Å². The van der Waals surface area contributed by atoms with E-state index in [0.29, 0.717) is 24.9 Å². The molecule has 4 nitrogen and oxygen atoms in total. The Morgan fingerprint density at radius 1 is 1.35 bits per heavy atom. The second kappa shape index (κ2) is 10.7. The molecule has 23 heavy (non-hydrogen) atoms. The van der Waals surface area contributed by atoms with Crippen molar-refractivity contribution in [3.05, 3.63) is 30.1 Å². The maximum absolute atomic E-state index is 12.8. The van der Waals surface area contributed by atoms with Crippen LogP contribution in [-0.2, 0) is 11.3 Å². The molecule has 2 heterocycles. The lowest BCUT2D eigenvalue weighted by Crippen LogP contribution is -2.40. The SMILES string of the molecule is CSCCCCC(=O)N(Cc1ccccn1)C1CCCNCC1. The minimum Gasteiger partial charge on any atom is -0.334 e. The largest absolute Gasteiger partial charge is 0.334 e. The zero-order chi connectivity index (χ0) is 16.3. The molecule has 0 radical (unpaired) electrons. The zero-order valence-electron chi connectivity index (χ0n) is 14.2. The van der Waals surface area contributed by atoms with E-state index in [0.717, 1.165) is 56.6 Å². The first-order chi connectivity index (χ1) is 11.3. The van der Waals surface area contributed by atoms with Gasteiger partial charge in [-0.2, -0.15) is 11.8 Å². The van der Waals surface area contributed by atoms with Gasteiger partial charge in [0, 0.05) is 18.7 Å². The number of carbonyl (C=O) groups excluding carboxylic acids is 1. The van der Waals surface area contributed by atoms with Gasteiger partial charge in [0.15, 0.2) is 0 Å². The highest BCUT2D eigenvalue weighted by Gasteiger charge is 2.24. The van der Waals surface area contributed by atoms with E-state index in [1.165, 1.54) is 0 Å². The molecular formula is C18H29N3OS. The van der Waals surface area contributed by atoms with Crippen molar-refractivity contribution in [3.63, 3.8) is 0 Å². The summed E-state index contributed by atoms with van der Waals surface area (Å²) in [6.45, 7) is 2.71. The van der Waals surface area contributed by atoms with Crippen LogP contribution in [-0.4, -0.2) is 46.9 Å². The molecule has 0 aliphatic carbocycles. The zero-order valence-corrected chi connectivity index (χ0v) is 15.0. The number of hydrogen-bond donors (Lipinski definition) is 1. The summed E-state index contributed by atoms with van der Waals surface area (Å²) < 4.78 is 0. The predicted molar refractivity (Wildman–Crippen MR) is 97.5 cm³/mol. The normalized spacial score (nSPS) is 18.4. The smallest absolute Gasteiger partial charge is 0.223 e. The highest BCUT2D eigenvalue weighted by Crippen LogP contribution is 2.18. The molecule has 1 amide bonds. The molecule has 1 aromatic rings. The van der Waals surface area contributed by atoms with Crippen molar-refractivity contribution in [3.8, 4) is 0 Å². The number of hydrogen-bond acceptors (Lipinski definition) is 4.